The average molecular weight is 556 g/mol. The van der Waals surface area contributed by atoms with Crippen molar-refractivity contribution in [1.82, 2.24) is 4.90 Å². The van der Waals surface area contributed by atoms with E-state index in [0.29, 0.717) is 29.7 Å². The lowest BCUT2D eigenvalue weighted by atomic mass is 9.71. The third-order valence-corrected chi connectivity index (χ3v) is 11.2. The van der Waals surface area contributed by atoms with Gasteiger partial charge in [0.2, 0.25) is 0 Å². The number of ether oxygens (including phenoxy) is 1. The van der Waals surface area contributed by atoms with E-state index in [-0.39, 0.29) is 17.1 Å². The first kappa shape index (κ1) is 35.0. The molecule has 1 N–H and O–H groups in total. The van der Waals surface area contributed by atoms with Gasteiger partial charge in [0, 0.05) is 32.2 Å². The summed E-state index contributed by atoms with van der Waals surface area (Å²) in [5.74, 6) is 2.24. The maximum absolute atomic E-state index is 10.2. The van der Waals surface area contributed by atoms with Gasteiger partial charge in [-0.1, -0.05) is 103 Å². The van der Waals surface area contributed by atoms with Gasteiger partial charge >= 0.3 is 0 Å². The number of hydrogen-bond acceptors (Lipinski definition) is 3. The van der Waals surface area contributed by atoms with Crippen LogP contribution in [0.3, 0.4) is 0 Å². The number of nitrogens with zero attached hydrogens (tertiary/aromatic N) is 1. The molecule has 0 amide bonds. The van der Waals surface area contributed by atoms with E-state index in [2.05, 4.69) is 104 Å². The number of hydrogen-bond donors (Lipinski definition) is 1. The van der Waals surface area contributed by atoms with Gasteiger partial charge in [0.25, 0.3) is 0 Å². The molecule has 0 saturated heterocycles. The number of aliphatic hydroxyl groups is 1. The number of methoxy groups -OCH3 is 1. The van der Waals surface area contributed by atoms with E-state index >= 15 is 0 Å². The molecular weight excluding hydrogens is 490 g/mol. The molecular formula is C37H65NO2. The summed E-state index contributed by atoms with van der Waals surface area (Å²) >= 11 is 0. The summed E-state index contributed by atoms with van der Waals surface area (Å²) in [5, 5.41) is 10.2. The molecule has 0 aromatic heterocycles. The van der Waals surface area contributed by atoms with Crippen LogP contribution in [0.2, 0.25) is 0 Å². The molecule has 0 spiro atoms. The first-order valence-corrected chi connectivity index (χ1v) is 16.5. The highest BCUT2D eigenvalue weighted by Gasteiger charge is 2.43. The van der Waals surface area contributed by atoms with Crippen LogP contribution in [0, 0.1) is 29.1 Å². The van der Waals surface area contributed by atoms with Crippen LogP contribution in [0.4, 0.5) is 0 Å². The molecule has 0 bridgehead atoms. The Bertz CT molecular complexity index is 893. The number of aliphatic hydroxyl groups excluding tert-OH is 1. The molecule has 0 radical (unpaired) electrons. The molecule has 1 aromatic carbocycles. The van der Waals surface area contributed by atoms with E-state index in [0.717, 1.165) is 51.6 Å². The first-order chi connectivity index (χ1) is 18.8. The van der Waals surface area contributed by atoms with Crippen LogP contribution in [-0.4, -0.2) is 41.4 Å². The molecule has 2 rings (SSSR count). The average Bonchev–Trinajstić information content (AvgIpc) is 3.07. The Hall–Kier alpha value is -1.16. The highest BCUT2D eigenvalue weighted by Crippen LogP contribution is 2.46. The summed E-state index contributed by atoms with van der Waals surface area (Å²) < 4.78 is 6.60. The lowest BCUT2D eigenvalue weighted by Crippen LogP contribution is -2.50. The molecule has 0 aliphatic heterocycles. The van der Waals surface area contributed by atoms with Gasteiger partial charge in [-0.25, -0.2) is 0 Å². The van der Waals surface area contributed by atoms with Crippen molar-refractivity contribution in [2.75, 3.05) is 13.7 Å². The summed E-state index contributed by atoms with van der Waals surface area (Å²) in [6.45, 7) is 25.9. The van der Waals surface area contributed by atoms with Crippen LogP contribution in [0.5, 0.6) is 0 Å². The zero-order valence-corrected chi connectivity index (χ0v) is 28.2. The maximum atomic E-state index is 10.2. The molecule has 0 saturated carbocycles. The van der Waals surface area contributed by atoms with Gasteiger partial charge in [-0.3, -0.25) is 4.90 Å². The van der Waals surface area contributed by atoms with Crippen molar-refractivity contribution in [3.8, 4) is 0 Å². The van der Waals surface area contributed by atoms with Crippen LogP contribution in [0.1, 0.15) is 126 Å². The quantitative estimate of drug-likeness (QED) is 0.206. The Morgan fingerprint density at radius 2 is 1.73 bits per heavy atom. The van der Waals surface area contributed by atoms with Gasteiger partial charge in [-0.05, 0) is 87.5 Å². The summed E-state index contributed by atoms with van der Waals surface area (Å²) in [5.41, 5.74) is 4.68. The van der Waals surface area contributed by atoms with E-state index in [9.17, 15) is 5.11 Å². The van der Waals surface area contributed by atoms with Gasteiger partial charge < -0.3 is 9.84 Å². The van der Waals surface area contributed by atoms with Crippen molar-refractivity contribution in [2.45, 2.75) is 145 Å². The second-order valence-electron chi connectivity index (χ2n) is 14.3. The fraction of sp³-hybridized carbons (Fsp3) is 0.784. The summed E-state index contributed by atoms with van der Waals surface area (Å²) in [6.07, 6.45) is 8.34. The Morgan fingerprint density at radius 1 is 1.07 bits per heavy atom. The fourth-order valence-electron chi connectivity index (χ4n) is 6.90. The zero-order chi connectivity index (χ0) is 30.1. The third-order valence-electron chi connectivity index (χ3n) is 11.2. The van der Waals surface area contributed by atoms with Crippen molar-refractivity contribution >= 4 is 0 Å². The lowest BCUT2D eigenvalue weighted by Gasteiger charge is -2.45. The van der Waals surface area contributed by atoms with Gasteiger partial charge in [-0.15, -0.1) is 0 Å². The monoisotopic (exact) mass is 556 g/mol. The van der Waals surface area contributed by atoms with Gasteiger partial charge in [0.1, 0.15) is 0 Å². The molecule has 1 aromatic rings. The number of rotatable bonds is 16. The molecule has 0 fully saturated rings. The standard InChI is InChI=1S/C37H65NO2/c1-12-27(3)25-38(26-33-17-15-14-16-18-33)32(8)31(7)37(40-11)22-19-28(4)35(29(5)24-37)23-30(6)36(9,10)21-20-34(39)13-2/h14-18,27-28,30-32,34,39H,12-13,19-26H2,1-11H3/t27-,28+,30+,31+,32+,34+,37-/m0/s1. The molecule has 7 atom stereocenters. The van der Waals surface area contributed by atoms with Crippen molar-refractivity contribution < 1.29 is 9.84 Å². The highest BCUT2D eigenvalue weighted by atomic mass is 16.5. The molecule has 1 aliphatic carbocycles. The van der Waals surface area contributed by atoms with Crippen molar-refractivity contribution in [3.63, 3.8) is 0 Å². The number of allylic oxidation sites excluding steroid dienone is 1. The highest BCUT2D eigenvalue weighted by molar-refractivity contribution is 5.22. The molecule has 3 nitrogen and oxygen atoms in total. The van der Waals surface area contributed by atoms with Gasteiger partial charge in [0.05, 0.1) is 11.7 Å². The van der Waals surface area contributed by atoms with E-state index in [1.165, 1.54) is 18.4 Å². The van der Waals surface area contributed by atoms with Crippen molar-refractivity contribution in [2.24, 2.45) is 29.1 Å². The maximum Gasteiger partial charge on any atom is 0.0756 e. The van der Waals surface area contributed by atoms with Crippen LogP contribution in [-0.2, 0) is 11.3 Å². The lowest BCUT2D eigenvalue weighted by molar-refractivity contribution is -0.0859. The van der Waals surface area contributed by atoms with E-state index in [4.69, 9.17) is 4.74 Å². The van der Waals surface area contributed by atoms with Crippen LogP contribution in [0.25, 0.3) is 0 Å². The Morgan fingerprint density at radius 3 is 2.30 bits per heavy atom. The molecule has 3 heteroatoms. The molecule has 1 aliphatic rings. The predicted octanol–water partition coefficient (Wildman–Crippen LogP) is 9.68. The van der Waals surface area contributed by atoms with Crippen molar-refractivity contribution in [1.29, 1.82) is 0 Å². The van der Waals surface area contributed by atoms with E-state index in [1.807, 2.05) is 7.11 Å². The summed E-state index contributed by atoms with van der Waals surface area (Å²) in [4.78, 5) is 2.72. The summed E-state index contributed by atoms with van der Waals surface area (Å²) in [7, 11) is 1.97. The van der Waals surface area contributed by atoms with Gasteiger partial charge in [0.15, 0.2) is 0 Å². The van der Waals surface area contributed by atoms with Gasteiger partial charge in [-0.2, -0.15) is 0 Å². The minimum absolute atomic E-state index is 0.145. The second-order valence-corrected chi connectivity index (χ2v) is 14.3. The summed E-state index contributed by atoms with van der Waals surface area (Å²) in [6, 6.07) is 11.4. The molecule has 40 heavy (non-hydrogen) atoms. The smallest absolute Gasteiger partial charge is 0.0756 e. The number of benzene rings is 1. The zero-order valence-electron chi connectivity index (χ0n) is 28.2. The van der Waals surface area contributed by atoms with E-state index < -0.39 is 0 Å². The van der Waals surface area contributed by atoms with E-state index in [1.54, 1.807) is 11.1 Å². The second kappa shape index (κ2) is 15.9. The normalized spacial score (nSPS) is 24.5. The molecule has 0 unspecified atom stereocenters. The Kier molecular flexibility index (Phi) is 13.9. The minimum Gasteiger partial charge on any atom is -0.393 e. The topological polar surface area (TPSA) is 32.7 Å². The van der Waals surface area contributed by atoms with Crippen LogP contribution in [0.15, 0.2) is 41.5 Å². The minimum atomic E-state index is -0.170. The Labute approximate surface area is 249 Å². The largest absolute Gasteiger partial charge is 0.393 e. The Balaban J connectivity index is 2.28. The van der Waals surface area contributed by atoms with Crippen molar-refractivity contribution in [3.05, 3.63) is 47.0 Å². The van der Waals surface area contributed by atoms with Crippen LogP contribution < -0.4 is 0 Å². The first-order valence-electron chi connectivity index (χ1n) is 16.5. The SMILES string of the molecule is CC[C@H](C)CN(Cc1ccccc1)[C@H](C)[C@@H](C)[C@]1(OC)CC[C@@H](C)C(C[C@@H](C)C(C)(C)CC[C@H](O)CC)=C(C)C1. The molecule has 230 valence electrons. The fourth-order valence-corrected chi connectivity index (χ4v) is 6.90. The third kappa shape index (κ3) is 9.43. The van der Waals surface area contributed by atoms with Crippen LogP contribution >= 0.6 is 0 Å². The molecule has 0 heterocycles. The predicted molar refractivity (Wildman–Crippen MR) is 173 cm³/mol.